The van der Waals surface area contributed by atoms with E-state index in [0.717, 1.165) is 19.0 Å². The highest BCUT2D eigenvalue weighted by molar-refractivity contribution is 5.21. The lowest BCUT2D eigenvalue weighted by atomic mass is 9.96. The summed E-state index contributed by atoms with van der Waals surface area (Å²) >= 11 is 0. The highest BCUT2D eigenvalue weighted by Gasteiger charge is 2.18. The van der Waals surface area contributed by atoms with Crippen molar-refractivity contribution in [2.75, 3.05) is 26.2 Å². The van der Waals surface area contributed by atoms with Crippen LogP contribution in [0.3, 0.4) is 0 Å². The van der Waals surface area contributed by atoms with E-state index in [1.807, 2.05) is 0 Å². The SMILES string of the molecule is CCNCC1CCN(Cc2ccc(C)cc2)CC1. The molecule has 1 aliphatic heterocycles. The number of rotatable bonds is 5. The van der Waals surface area contributed by atoms with E-state index in [1.165, 1.54) is 43.6 Å². The fourth-order valence-corrected chi connectivity index (χ4v) is 2.65. The number of hydrogen-bond acceptors (Lipinski definition) is 2. The molecule has 0 bridgehead atoms. The first kappa shape index (κ1) is 13.6. The molecule has 1 aromatic rings. The number of aryl methyl sites for hydroxylation is 1. The Morgan fingerprint density at radius 2 is 1.83 bits per heavy atom. The van der Waals surface area contributed by atoms with E-state index in [0.29, 0.717) is 0 Å². The lowest BCUT2D eigenvalue weighted by Crippen LogP contribution is -2.36. The van der Waals surface area contributed by atoms with E-state index < -0.39 is 0 Å². The molecule has 0 spiro atoms. The molecule has 0 atom stereocenters. The van der Waals surface area contributed by atoms with Gasteiger partial charge in [-0.25, -0.2) is 0 Å². The van der Waals surface area contributed by atoms with Gasteiger partial charge in [-0.1, -0.05) is 36.8 Å². The van der Waals surface area contributed by atoms with Gasteiger partial charge in [-0.05, 0) is 57.4 Å². The fourth-order valence-electron chi connectivity index (χ4n) is 2.65. The summed E-state index contributed by atoms with van der Waals surface area (Å²) in [7, 11) is 0. The Kier molecular flexibility index (Phi) is 5.21. The van der Waals surface area contributed by atoms with Crippen LogP contribution < -0.4 is 5.32 Å². The summed E-state index contributed by atoms with van der Waals surface area (Å²) in [6, 6.07) is 8.96. The molecular formula is C16H26N2. The van der Waals surface area contributed by atoms with Gasteiger partial charge in [0.2, 0.25) is 0 Å². The molecule has 0 saturated carbocycles. The number of piperidine rings is 1. The smallest absolute Gasteiger partial charge is 0.0233 e. The Morgan fingerprint density at radius 1 is 1.17 bits per heavy atom. The quantitative estimate of drug-likeness (QED) is 0.859. The van der Waals surface area contributed by atoms with Crippen LogP contribution in [0.4, 0.5) is 0 Å². The number of likely N-dealkylation sites (tertiary alicyclic amines) is 1. The van der Waals surface area contributed by atoms with Gasteiger partial charge in [-0.3, -0.25) is 4.90 Å². The Balaban J connectivity index is 1.74. The summed E-state index contributed by atoms with van der Waals surface area (Å²) in [5, 5.41) is 3.47. The van der Waals surface area contributed by atoms with Crippen LogP contribution in [0, 0.1) is 12.8 Å². The monoisotopic (exact) mass is 246 g/mol. The van der Waals surface area contributed by atoms with E-state index in [9.17, 15) is 0 Å². The Hall–Kier alpha value is -0.860. The van der Waals surface area contributed by atoms with Crippen LogP contribution in [0.1, 0.15) is 30.9 Å². The van der Waals surface area contributed by atoms with Gasteiger partial charge in [-0.15, -0.1) is 0 Å². The summed E-state index contributed by atoms with van der Waals surface area (Å²) in [6.07, 6.45) is 2.69. The number of nitrogens with one attached hydrogen (secondary N) is 1. The molecule has 1 aliphatic rings. The molecule has 2 heteroatoms. The maximum Gasteiger partial charge on any atom is 0.0233 e. The molecule has 2 nitrogen and oxygen atoms in total. The Labute approximate surface area is 111 Å². The van der Waals surface area contributed by atoms with Crippen LogP contribution in [-0.2, 0) is 6.54 Å². The molecule has 1 N–H and O–H groups in total. The van der Waals surface area contributed by atoms with Gasteiger partial charge in [0.05, 0.1) is 0 Å². The Morgan fingerprint density at radius 3 is 2.44 bits per heavy atom. The molecule has 1 saturated heterocycles. The van der Waals surface area contributed by atoms with Crippen LogP contribution in [-0.4, -0.2) is 31.1 Å². The van der Waals surface area contributed by atoms with Gasteiger partial charge in [0.15, 0.2) is 0 Å². The van der Waals surface area contributed by atoms with Crippen LogP contribution in [0.2, 0.25) is 0 Å². The molecule has 2 rings (SSSR count). The zero-order chi connectivity index (χ0) is 12.8. The minimum Gasteiger partial charge on any atom is -0.317 e. The zero-order valence-corrected chi connectivity index (χ0v) is 11.8. The van der Waals surface area contributed by atoms with Crippen molar-refractivity contribution >= 4 is 0 Å². The average Bonchev–Trinajstić information content (AvgIpc) is 2.41. The minimum atomic E-state index is 0.888. The maximum absolute atomic E-state index is 3.47. The second-order valence-electron chi connectivity index (χ2n) is 5.51. The van der Waals surface area contributed by atoms with E-state index in [-0.39, 0.29) is 0 Å². The van der Waals surface area contributed by atoms with Gasteiger partial charge in [-0.2, -0.15) is 0 Å². The minimum absolute atomic E-state index is 0.888. The second kappa shape index (κ2) is 6.91. The van der Waals surface area contributed by atoms with Gasteiger partial charge >= 0.3 is 0 Å². The van der Waals surface area contributed by atoms with Crippen LogP contribution in [0.15, 0.2) is 24.3 Å². The summed E-state index contributed by atoms with van der Waals surface area (Å²) in [6.45, 7) is 10.3. The number of hydrogen-bond donors (Lipinski definition) is 1. The zero-order valence-electron chi connectivity index (χ0n) is 11.8. The first-order valence-electron chi connectivity index (χ1n) is 7.26. The molecule has 1 fully saturated rings. The normalized spacial score (nSPS) is 18.1. The first-order chi connectivity index (χ1) is 8.78. The molecule has 1 heterocycles. The van der Waals surface area contributed by atoms with Crippen molar-refractivity contribution in [3.8, 4) is 0 Å². The highest BCUT2D eigenvalue weighted by Crippen LogP contribution is 2.18. The van der Waals surface area contributed by atoms with Gasteiger partial charge in [0.25, 0.3) is 0 Å². The molecule has 0 aromatic heterocycles. The van der Waals surface area contributed by atoms with Crippen molar-refractivity contribution in [3.05, 3.63) is 35.4 Å². The highest BCUT2D eigenvalue weighted by atomic mass is 15.1. The fraction of sp³-hybridized carbons (Fsp3) is 0.625. The predicted molar refractivity (Wildman–Crippen MR) is 77.7 cm³/mol. The van der Waals surface area contributed by atoms with E-state index in [1.54, 1.807) is 0 Å². The van der Waals surface area contributed by atoms with Crippen LogP contribution in [0.5, 0.6) is 0 Å². The van der Waals surface area contributed by atoms with Gasteiger partial charge in [0, 0.05) is 6.54 Å². The van der Waals surface area contributed by atoms with Crippen molar-refractivity contribution in [2.45, 2.75) is 33.2 Å². The second-order valence-corrected chi connectivity index (χ2v) is 5.51. The lowest BCUT2D eigenvalue weighted by molar-refractivity contribution is 0.176. The molecule has 0 unspecified atom stereocenters. The van der Waals surface area contributed by atoms with Crippen molar-refractivity contribution < 1.29 is 0 Å². The van der Waals surface area contributed by atoms with Crippen LogP contribution >= 0.6 is 0 Å². The standard InChI is InChI=1S/C16H26N2/c1-3-17-12-15-8-10-18(11-9-15)13-16-6-4-14(2)5-7-16/h4-7,15,17H,3,8-13H2,1-2H3. The van der Waals surface area contributed by atoms with Crippen molar-refractivity contribution in [2.24, 2.45) is 5.92 Å². The first-order valence-corrected chi connectivity index (χ1v) is 7.26. The summed E-state index contributed by atoms with van der Waals surface area (Å²) in [5.41, 5.74) is 2.80. The van der Waals surface area contributed by atoms with Crippen molar-refractivity contribution in [1.82, 2.24) is 10.2 Å². The average molecular weight is 246 g/mol. The third kappa shape index (κ3) is 4.11. The molecule has 18 heavy (non-hydrogen) atoms. The summed E-state index contributed by atoms with van der Waals surface area (Å²) < 4.78 is 0. The van der Waals surface area contributed by atoms with Gasteiger partial charge in [0.1, 0.15) is 0 Å². The van der Waals surface area contributed by atoms with E-state index in [4.69, 9.17) is 0 Å². The van der Waals surface area contributed by atoms with Crippen molar-refractivity contribution in [1.29, 1.82) is 0 Å². The van der Waals surface area contributed by atoms with Crippen molar-refractivity contribution in [3.63, 3.8) is 0 Å². The topological polar surface area (TPSA) is 15.3 Å². The molecular weight excluding hydrogens is 220 g/mol. The lowest BCUT2D eigenvalue weighted by Gasteiger charge is -2.32. The molecule has 0 amide bonds. The third-order valence-corrected chi connectivity index (χ3v) is 3.92. The van der Waals surface area contributed by atoms with Crippen LogP contribution in [0.25, 0.3) is 0 Å². The maximum atomic E-state index is 3.47. The Bertz CT molecular complexity index is 337. The largest absolute Gasteiger partial charge is 0.317 e. The molecule has 1 aromatic carbocycles. The third-order valence-electron chi connectivity index (χ3n) is 3.92. The number of nitrogens with zero attached hydrogens (tertiary/aromatic N) is 1. The summed E-state index contributed by atoms with van der Waals surface area (Å²) in [5.74, 6) is 0.888. The van der Waals surface area contributed by atoms with E-state index in [2.05, 4.69) is 48.3 Å². The molecule has 100 valence electrons. The van der Waals surface area contributed by atoms with E-state index >= 15 is 0 Å². The predicted octanol–water partition coefficient (Wildman–Crippen LogP) is 2.82. The number of benzene rings is 1. The molecule has 0 radical (unpaired) electrons. The summed E-state index contributed by atoms with van der Waals surface area (Å²) in [4.78, 5) is 2.59. The molecule has 0 aliphatic carbocycles. The van der Waals surface area contributed by atoms with Gasteiger partial charge < -0.3 is 5.32 Å².